The molecule has 1 aromatic carbocycles. The number of ether oxygens (including phenoxy) is 1. The SMILES string of the molecule is CC(C)c1ccc(S(=O)(=O)NC(C)C2CCCO2)cc1. The highest BCUT2D eigenvalue weighted by Gasteiger charge is 2.26. The zero-order valence-electron chi connectivity index (χ0n) is 12.3. The van der Waals surface area contributed by atoms with E-state index >= 15 is 0 Å². The first-order chi connectivity index (χ1) is 9.40. The van der Waals surface area contributed by atoms with Crippen LogP contribution in [0.5, 0.6) is 0 Å². The molecule has 5 heteroatoms. The van der Waals surface area contributed by atoms with Crippen LogP contribution in [0.2, 0.25) is 0 Å². The second-order valence-corrected chi connectivity index (χ2v) is 7.40. The lowest BCUT2D eigenvalue weighted by molar-refractivity contribution is 0.0902. The molecule has 1 aliphatic heterocycles. The quantitative estimate of drug-likeness (QED) is 0.909. The Balaban J connectivity index is 2.09. The van der Waals surface area contributed by atoms with Crippen molar-refractivity contribution in [3.8, 4) is 0 Å². The van der Waals surface area contributed by atoms with Crippen LogP contribution in [0.4, 0.5) is 0 Å². The molecule has 112 valence electrons. The van der Waals surface area contributed by atoms with E-state index in [9.17, 15) is 8.42 Å². The van der Waals surface area contributed by atoms with Crippen molar-refractivity contribution in [2.75, 3.05) is 6.61 Å². The third-order valence-corrected chi connectivity index (χ3v) is 5.30. The average Bonchev–Trinajstić information content (AvgIpc) is 2.92. The lowest BCUT2D eigenvalue weighted by atomic mass is 10.0. The van der Waals surface area contributed by atoms with Crippen LogP contribution in [0.25, 0.3) is 0 Å². The molecule has 0 bridgehead atoms. The molecule has 0 aliphatic carbocycles. The van der Waals surface area contributed by atoms with Gasteiger partial charge in [-0.3, -0.25) is 0 Å². The summed E-state index contributed by atoms with van der Waals surface area (Å²) < 4.78 is 32.9. The number of hydrogen-bond donors (Lipinski definition) is 1. The largest absolute Gasteiger partial charge is 0.377 e. The summed E-state index contributed by atoms with van der Waals surface area (Å²) in [6.45, 7) is 6.75. The number of nitrogens with one attached hydrogen (secondary N) is 1. The Labute approximate surface area is 121 Å². The van der Waals surface area contributed by atoms with E-state index in [2.05, 4.69) is 18.6 Å². The van der Waals surface area contributed by atoms with Crippen LogP contribution in [0.1, 0.15) is 45.1 Å². The predicted molar refractivity (Wildman–Crippen MR) is 79.3 cm³/mol. The summed E-state index contributed by atoms with van der Waals surface area (Å²) in [5.41, 5.74) is 1.14. The molecule has 0 aromatic heterocycles. The Morgan fingerprint density at radius 1 is 1.20 bits per heavy atom. The lowest BCUT2D eigenvalue weighted by Crippen LogP contribution is -2.40. The van der Waals surface area contributed by atoms with E-state index in [1.165, 1.54) is 0 Å². The number of rotatable bonds is 5. The molecule has 0 spiro atoms. The van der Waals surface area contributed by atoms with Crippen LogP contribution in [-0.2, 0) is 14.8 Å². The zero-order valence-corrected chi connectivity index (χ0v) is 13.1. The summed E-state index contributed by atoms with van der Waals surface area (Å²) in [6, 6.07) is 6.87. The van der Waals surface area contributed by atoms with Crippen molar-refractivity contribution in [1.82, 2.24) is 4.72 Å². The van der Waals surface area contributed by atoms with Crippen LogP contribution in [0.3, 0.4) is 0 Å². The molecule has 0 amide bonds. The summed E-state index contributed by atoms with van der Waals surface area (Å²) in [4.78, 5) is 0.312. The lowest BCUT2D eigenvalue weighted by Gasteiger charge is -2.20. The van der Waals surface area contributed by atoms with Crippen LogP contribution >= 0.6 is 0 Å². The van der Waals surface area contributed by atoms with Crippen molar-refractivity contribution in [2.45, 2.75) is 56.6 Å². The minimum absolute atomic E-state index is 0.0142. The molecule has 2 rings (SSSR count). The molecule has 1 aliphatic rings. The number of sulfonamides is 1. The second-order valence-electron chi connectivity index (χ2n) is 5.69. The summed E-state index contributed by atoms with van der Waals surface area (Å²) >= 11 is 0. The Bertz CT molecular complexity index is 531. The van der Waals surface area contributed by atoms with E-state index in [1.54, 1.807) is 12.1 Å². The normalized spacial score (nSPS) is 21.3. The Hall–Kier alpha value is -0.910. The number of benzene rings is 1. The average molecular weight is 297 g/mol. The van der Waals surface area contributed by atoms with Gasteiger partial charge in [-0.25, -0.2) is 13.1 Å². The third-order valence-electron chi connectivity index (χ3n) is 3.72. The first-order valence-electron chi connectivity index (χ1n) is 7.14. The number of hydrogen-bond acceptors (Lipinski definition) is 3. The smallest absolute Gasteiger partial charge is 0.240 e. The minimum atomic E-state index is -3.47. The van der Waals surface area contributed by atoms with Crippen molar-refractivity contribution in [3.05, 3.63) is 29.8 Å². The maximum Gasteiger partial charge on any atom is 0.240 e. The Morgan fingerprint density at radius 2 is 1.85 bits per heavy atom. The highest BCUT2D eigenvalue weighted by molar-refractivity contribution is 7.89. The van der Waals surface area contributed by atoms with E-state index in [0.29, 0.717) is 10.8 Å². The maximum absolute atomic E-state index is 12.3. The molecular formula is C15H23NO3S. The van der Waals surface area contributed by atoms with Gasteiger partial charge < -0.3 is 4.74 Å². The highest BCUT2D eigenvalue weighted by Crippen LogP contribution is 2.20. The first-order valence-corrected chi connectivity index (χ1v) is 8.62. The molecule has 20 heavy (non-hydrogen) atoms. The highest BCUT2D eigenvalue weighted by atomic mass is 32.2. The van der Waals surface area contributed by atoms with Crippen molar-refractivity contribution in [2.24, 2.45) is 0 Å². The van der Waals surface area contributed by atoms with Gasteiger partial charge in [0.15, 0.2) is 0 Å². The van der Waals surface area contributed by atoms with Gasteiger partial charge in [-0.05, 0) is 43.4 Å². The van der Waals surface area contributed by atoms with Crippen LogP contribution in [0, 0.1) is 0 Å². The van der Waals surface area contributed by atoms with Crippen molar-refractivity contribution >= 4 is 10.0 Å². The molecule has 1 saturated heterocycles. The molecule has 1 N–H and O–H groups in total. The molecule has 1 aromatic rings. The van der Waals surface area contributed by atoms with E-state index in [-0.39, 0.29) is 12.1 Å². The third kappa shape index (κ3) is 3.59. The molecule has 1 fully saturated rings. The fraction of sp³-hybridized carbons (Fsp3) is 0.600. The summed E-state index contributed by atoms with van der Waals surface area (Å²) in [5.74, 6) is 0.394. The second kappa shape index (κ2) is 6.24. The summed E-state index contributed by atoms with van der Waals surface area (Å²) in [6.07, 6.45) is 1.90. The molecule has 0 radical (unpaired) electrons. The molecule has 2 unspecified atom stereocenters. The molecular weight excluding hydrogens is 274 g/mol. The van der Waals surface area contributed by atoms with Gasteiger partial charge in [-0.15, -0.1) is 0 Å². The first kappa shape index (κ1) is 15.5. The van der Waals surface area contributed by atoms with E-state index in [0.717, 1.165) is 25.0 Å². The van der Waals surface area contributed by atoms with Crippen molar-refractivity contribution in [1.29, 1.82) is 0 Å². The summed E-state index contributed by atoms with van der Waals surface area (Å²) in [7, 11) is -3.47. The summed E-state index contributed by atoms with van der Waals surface area (Å²) in [5, 5.41) is 0. The fourth-order valence-corrected chi connectivity index (χ4v) is 3.69. The fourth-order valence-electron chi connectivity index (χ4n) is 2.42. The van der Waals surface area contributed by atoms with Crippen LogP contribution < -0.4 is 4.72 Å². The molecule has 2 atom stereocenters. The predicted octanol–water partition coefficient (Wildman–Crippen LogP) is 2.66. The monoisotopic (exact) mass is 297 g/mol. The van der Waals surface area contributed by atoms with Gasteiger partial charge in [-0.1, -0.05) is 26.0 Å². The Morgan fingerprint density at radius 3 is 2.35 bits per heavy atom. The zero-order chi connectivity index (χ0) is 14.8. The van der Waals surface area contributed by atoms with Gasteiger partial charge in [0, 0.05) is 12.6 Å². The van der Waals surface area contributed by atoms with E-state index in [4.69, 9.17) is 4.74 Å². The topological polar surface area (TPSA) is 55.4 Å². The molecule has 0 saturated carbocycles. The van der Waals surface area contributed by atoms with Crippen molar-refractivity contribution < 1.29 is 13.2 Å². The van der Waals surface area contributed by atoms with Crippen molar-refractivity contribution in [3.63, 3.8) is 0 Å². The van der Waals surface area contributed by atoms with Gasteiger partial charge in [0.05, 0.1) is 11.0 Å². The molecule has 4 nitrogen and oxygen atoms in total. The minimum Gasteiger partial charge on any atom is -0.377 e. The van der Waals surface area contributed by atoms with Crippen LogP contribution in [0.15, 0.2) is 29.2 Å². The van der Waals surface area contributed by atoms with Gasteiger partial charge >= 0.3 is 0 Å². The van der Waals surface area contributed by atoms with E-state index in [1.807, 2.05) is 19.1 Å². The molecule has 1 heterocycles. The van der Waals surface area contributed by atoms with Gasteiger partial charge in [0.1, 0.15) is 0 Å². The van der Waals surface area contributed by atoms with Gasteiger partial charge in [0.25, 0.3) is 0 Å². The maximum atomic E-state index is 12.3. The standard InChI is InChI=1S/C15H23NO3S/c1-11(2)13-6-8-14(9-7-13)20(17,18)16-12(3)15-5-4-10-19-15/h6-9,11-12,15-16H,4-5,10H2,1-3H3. The van der Waals surface area contributed by atoms with Gasteiger partial charge in [-0.2, -0.15) is 0 Å². The Kier molecular flexibility index (Phi) is 4.83. The van der Waals surface area contributed by atoms with E-state index < -0.39 is 10.0 Å². The van der Waals surface area contributed by atoms with Crippen LogP contribution in [-0.4, -0.2) is 27.2 Å². The van der Waals surface area contributed by atoms with Gasteiger partial charge in [0.2, 0.25) is 10.0 Å².